The van der Waals surface area contributed by atoms with Gasteiger partial charge in [0.1, 0.15) is 5.82 Å². The third kappa shape index (κ3) is 3.54. The van der Waals surface area contributed by atoms with Crippen LogP contribution in [0.5, 0.6) is 0 Å². The highest BCUT2D eigenvalue weighted by Gasteiger charge is 2.30. The maximum Gasteiger partial charge on any atom is 0.176 e. The number of Topliss-reactive ketones (excluding diaryl/α,β-unsaturated/α-hetero) is 1. The Kier molecular flexibility index (Phi) is 5.54. The first-order chi connectivity index (χ1) is 13.8. The largest absolute Gasteiger partial charge is 0.294 e. The lowest BCUT2D eigenvalue weighted by Gasteiger charge is -2.14. The fourth-order valence-corrected chi connectivity index (χ4v) is 4.74. The van der Waals surface area contributed by atoms with Crippen LogP contribution in [0.3, 0.4) is 0 Å². The molecule has 4 nitrogen and oxygen atoms in total. The highest BCUT2D eigenvalue weighted by molar-refractivity contribution is 7.90. The van der Waals surface area contributed by atoms with Crippen LogP contribution >= 0.6 is 0 Å². The molecule has 3 aromatic carbocycles. The van der Waals surface area contributed by atoms with E-state index in [0.717, 1.165) is 6.26 Å². The van der Waals surface area contributed by atoms with E-state index in [9.17, 15) is 22.9 Å². The maximum absolute atomic E-state index is 13.8. The summed E-state index contributed by atoms with van der Waals surface area (Å²) in [5.41, 5.74) is 2.51. The SMILES string of the molecule is CC.CS(=O)(=O)c1ccc(-c2cccc3cc(F)cc(C#N)c23)c2c1C(=O)CC2. The number of ketones is 1. The van der Waals surface area contributed by atoms with Crippen molar-refractivity contribution < 1.29 is 17.6 Å². The van der Waals surface area contributed by atoms with Crippen LogP contribution in [0.4, 0.5) is 4.39 Å². The first kappa shape index (κ1) is 20.7. The van der Waals surface area contributed by atoms with Crippen LogP contribution in [0.1, 0.15) is 41.8 Å². The topological polar surface area (TPSA) is 75.0 Å². The molecule has 0 atom stereocenters. The molecule has 0 saturated carbocycles. The number of nitriles is 1. The van der Waals surface area contributed by atoms with E-state index in [1.165, 1.54) is 18.2 Å². The average Bonchev–Trinajstić information content (AvgIpc) is 3.08. The average molecular weight is 409 g/mol. The Morgan fingerprint density at radius 3 is 2.41 bits per heavy atom. The molecule has 148 valence electrons. The fraction of sp³-hybridized carbons (Fsp3) is 0.217. The van der Waals surface area contributed by atoms with E-state index in [-0.39, 0.29) is 28.2 Å². The van der Waals surface area contributed by atoms with E-state index >= 15 is 0 Å². The Labute approximate surface area is 169 Å². The number of fused-ring (bicyclic) bond motifs is 2. The van der Waals surface area contributed by atoms with Crippen LogP contribution in [-0.4, -0.2) is 20.5 Å². The summed E-state index contributed by atoms with van der Waals surface area (Å²) in [4.78, 5) is 12.4. The number of hydrogen-bond acceptors (Lipinski definition) is 4. The molecule has 0 fully saturated rings. The molecule has 0 saturated heterocycles. The van der Waals surface area contributed by atoms with Crippen molar-refractivity contribution in [2.45, 2.75) is 31.6 Å². The molecule has 6 heteroatoms. The molecule has 1 aliphatic carbocycles. The molecular formula is C23H20FNO3S. The Balaban J connectivity index is 0.00000117. The van der Waals surface area contributed by atoms with Gasteiger partial charge in [-0.3, -0.25) is 4.79 Å². The van der Waals surface area contributed by atoms with Crippen molar-refractivity contribution in [3.05, 3.63) is 65.0 Å². The minimum Gasteiger partial charge on any atom is -0.294 e. The molecule has 29 heavy (non-hydrogen) atoms. The molecule has 0 heterocycles. The van der Waals surface area contributed by atoms with Gasteiger partial charge in [0.15, 0.2) is 15.6 Å². The molecule has 0 amide bonds. The number of halogens is 1. The minimum atomic E-state index is -3.54. The van der Waals surface area contributed by atoms with Crippen molar-refractivity contribution in [1.82, 2.24) is 0 Å². The number of sulfone groups is 1. The number of benzene rings is 3. The van der Waals surface area contributed by atoms with Gasteiger partial charge in [-0.25, -0.2) is 12.8 Å². The monoisotopic (exact) mass is 409 g/mol. The lowest BCUT2D eigenvalue weighted by molar-refractivity contribution is 0.0992. The highest BCUT2D eigenvalue weighted by Crippen LogP contribution is 2.40. The van der Waals surface area contributed by atoms with Crippen LogP contribution in [0, 0.1) is 17.1 Å². The molecular weight excluding hydrogens is 389 g/mol. The van der Waals surface area contributed by atoms with E-state index < -0.39 is 15.7 Å². The van der Waals surface area contributed by atoms with Gasteiger partial charge in [-0.15, -0.1) is 0 Å². The van der Waals surface area contributed by atoms with Crippen LogP contribution in [0.25, 0.3) is 21.9 Å². The second-order valence-electron chi connectivity index (χ2n) is 6.63. The Hall–Kier alpha value is -3.04. The summed E-state index contributed by atoms with van der Waals surface area (Å²) in [5.74, 6) is -0.692. The van der Waals surface area contributed by atoms with Crippen molar-refractivity contribution in [3.63, 3.8) is 0 Å². The third-order valence-electron chi connectivity index (χ3n) is 4.91. The van der Waals surface area contributed by atoms with E-state index in [4.69, 9.17) is 0 Å². The molecule has 0 aliphatic heterocycles. The number of nitrogens with zero attached hydrogens (tertiary/aromatic N) is 1. The molecule has 0 bridgehead atoms. The number of hydrogen-bond donors (Lipinski definition) is 0. The molecule has 0 spiro atoms. The molecule has 0 radical (unpaired) electrons. The van der Waals surface area contributed by atoms with Gasteiger partial charge >= 0.3 is 0 Å². The Morgan fingerprint density at radius 1 is 1.03 bits per heavy atom. The predicted octanol–water partition coefficient (Wildman–Crippen LogP) is 5.08. The van der Waals surface area contributed by atoms with Crippen LogP contribution in [0.2, 0.25) is 0 Å². The molecule has 3 aromatic rings. The van der Waals surface area contributed by atoms with Gasteiger partial charge in [0, 0.05) is 23.6 Å². The summed E-state index contributed by atoms with van der Waals surface area (Å²) < 4.78 is 38.0. The zero-order valence-corrected chi connectivity index (χ0v) is 17.2. The van der Waals surface area contributed by atoms with E-state index in [1.807, 2.05) is 19.9 Å². The summed E-state index contributed by atoms with van der Waals surface area (Å²) in [5, 5.41) is 10.6. The molecule has 0 unspecified atom stereocenters. The van der Waals surface area contributed by atoms with Crippen molar-refractivity contribution >= 4 is 26.4 Å². The third-order valence-corrected chi connectivity index (χ3v) is 6.05. The van der Waals surface area contributed by atoms with Crippen LogP contribution < -0.4 is 0 Å². The summed E-state index contributed by atoms with van der Waals surface area (Å²) in [6.45, 7) is 4.00. The summed E-state index contributed by atoms with van der Waals surface area (Å²) in [7, 11) is -3.54. The smallest absolute Gasteiger partial charge is 0.176 e. The number of carbonyl (C=O) groups is 1. The fourth-order valence-electron chi connectivity index (χ4n) is 3.82. The van der Waals surface area contributed by atoms with Gasteiger partial charge in [0.25, 0.3) is 0 Å². The van der Waals surface area contributed by atoms with Gasteiger partial charge in [-0.05, 0) is 46.7 Å². The van der Waals surface area contributed by atoms with Gasteiger partial charge in [0.05, 0.1) is 16.5 Å². The van der Waals surface area contributed by atoms with Crippen LogP contribution in [0.15, 0.2) is 47.4 Å². The summed E-state index contributed by atoms with van der Waals surface area (Å²) in [6, 6.07) is 13.0. The van der Waals surface area contributed by atoms with E-state index in [2.05, 4.69) is 0 Å². The van der Waals surface area contributed by atoms with Crippen LogP contribution in [-0.2, 0) is 16.3 Å². The molecule has 0 N–H and O–H groups in total. The maximum atomic E-state index is 13.8. The Morgan fingerprint density at radius 2 is 1.76 bits per heavy atom. The van der Waals surface area contributed by atoms with Crippen molar-refractivity contribution in [2.24, 2.45) is 0 Å². The number of rotatable bonds is 2. The highest BCUT2D eigenvalue weighted by atomic mass is 32.2. The summed E-state index contributed by atoms with van der Waals surface area (Å²) >= 11 is 0. The van der Waals surface area contributed by atoms with Crippen molar-refractivity contribution in [3.8, 4) is 17.2 Å². The zero-order valence-electron chi connectivity index (χ0n) is 16.4. The molecule has 1 aliphatic rings. The molecule has 4 rings (SSSR count). The van der Waals surface area contributed by atoms with Gasteiger partial charge < -0.3 is 0 Å². The lowest BCUT2D eigenvalue weighted by atomic mass is 9.91. The Bertz CT molecular complexity index is 1290. The zero-order chi connectivity index (χ0) is 21.3. The van der Waals surface area contributed by atoms with Crippen molar-refractivity contribution in [2.75, 3.05) is 6.26 Å². The van der Waals surface area contributed by atoms with Gasteiger partial charge in [-0.2, -0.15) is 5.26 Å². The standard InChI is InChI=1S/C21H14FNO3S.C2H6/c1-27(25,26)19-8-6-15(17-5-7-18(24)21(17)19)16-4-2-3-12-9-14(22)10-13(11-23)20(12)16;1-2/h2-4,6,8-10H,5,7H2,1H3;1-2H3. The quantitative estimate of drug-likeness (QED) is 0.592. The van der Waals surface area contributed by atoms with Gasteiger partial charge in [0.2, 0.25) is 0 Å². The van der Waals surface area contributed by atoms with E-state index in [1.54, 1.807) is 24.3 Å². The van der Waals surface area contributed by atoms with Gasteiger partial charge in [-0.1, -0.05) is 38.1 Å². The van der Waals surface area contributed by atoms with Crippen molar-refractivity contribution in [1.29, 1.82) is 5.26 Å². The predicted molar refractivity (Wildman–Crippen MR) is 111 cm³/mol. The first-order valence-corrected chi connectivity index (χ1v) is 11.2. The second-order valence-corrected chi connectivity index (χ2v) is 8.61. The lowest BCUT2D eigenvalue weighted by Crippen LogP contribution is -2.06. The minimum absolute atomic E-state index is 0.0375. The first-order valence-electron chi connectivity index (χ1n) is 9.33. The van der Waals surface area contributed by atoms with E-state index in [0.29, 0.717) is 33.9 Å². The normalized spacial score (nSPS) is 12.9. The molecule has 0 aromatic heterocycles. The summed E-state index contributed by atoms with van der Waals surface area (Å²) in [6.07, 6.45) is 1.77. The second kappa shape index (κ2) is 7.76. The number of carbonyl (C=O) groups excluding carboxylic acids is 1.